The Morgan fingerprint density at radius 2 is 1.72 bits per heavy atom. The van der Waals surface area contributed by atoms with Crippen molar-refractivity contribution in [3.63, 3.8) is 0 Å². The number of nitrogens with one attached hydrogen (secondary N) is 3. The molecule has 0 aromatic heterocycles. The number of ether oxygens (including phenoxy) is 1. The Morgan fingerprint density at radius 1 is 1.03 bits per heavy atom. The van der Waals surface area contributed by atoms with Gasteiger partial charge < -0.3 is 20.7 Å². The number of methoxy groups -OCH3 is 1. The summed E-state index contributed by atoms with van der Waals surface area (Å²) < 4.78 is 5.10. The van der Waals surface area contributed by atoms with Gasteiger partial charge in [-0.2, -0.15) is 0 Å². The normalized spacial score (nSPS) is 14.1. The molecule has 1 saturated carbocycles. The van der Waals surface area contributed by atoms with E-state index in [1.807, 2.05) is 0 Å². The first-order valence-electron chi connectivity index (χ1n) is 9.83. The van der Waals surface area contributed by atoms with Gasteiger partial charge in [0, 0.05) is 17.4 Å². The maximum absolute atomic E-state index is 12.6. The van der Waals surface area contributed by atoms with Crippen LogP contribution in [-0.2, 0) is 4.79 Å². The van der Waals surface area contributed by atoms with Crippen molar-refractivity contribution in [2.75, 3.05) is 24.3 Å². The predicted molar refractivity (Wildman–Crippen MR) is 116 cm³/mol. The number of amides is 2. The first-order valence-corrected chi connectivity index (χ1v) is 10.2. The average Bonchev–Trinajstić information content (AvgIpc) is 2.74. The minimum Gasteiger partial charge on any atom is -0.497 e. The highest BCUT2D eigenvalue weighted by Gasteiger charge is 2.18. The van der Waals surface area contributed by atoms with Crippen molar-refractivity contribution in [2.45, 2.75) is 38.1 Å². The van der Waals surface area contributed by atoms with Gasteiger partial charge in [0.25, 0.3) is 5.91 Å². The molecular formula is C22H26ClN3O3. The Balaban J connectivity index is 1.55. The van der Waals surface area contributed by atoms with Crippen LogP contribution in [0.5, 0.6) is 5.75 Å². The molecule has 2 aromatic rings. The van der Waals surface area contributed by atoms with Crippen molar-refractivity contribution >= 4 is 34.8 Å². The molecule has 0 bridgehead atoms. The minimum absolute atomic E-state index is 0.0668. The van der Waals surface area contributed by atoms with Gasteiger partial charge in [-0.1, -0.05) is 30.9 Å². The summed E-state index contributed by atoms with van der Waals surface area (Å²) in [5, 5.41) is 9.31. The molecule has 0 saturated heterocycles. The molecule has 0 heterocycles. The summed E-state index contributed by atoms with van der Waals surface area (Å²) in [4.78, 5) is 24.8. The zero-order chi connectivity index (χ0) is 20.6. The molecule has 0 atom stereocenters. The molecule has 0 radical (unpaired) electrons. The lowest BCUT2D eigenvalue weighted by Crippen LogP contribution is -2.36. The number of hydrogen-bond acceptors (Lipinski definition) is 4. The van der Waals surface area contributed by atoms with E-state index < -0.39 is 0 Å². The summed E-state index contributed by atoms with van der Waals surface area (Å²) in [6, 6.07) is 12.4. The van der Waals surface area contributed by atoms with Crippen LogP contribution in [0.4, 0.5) is 11.4 Å². The molecule has 3 rings (SSSR count). The highest BCUT2D eigenvalue weighted by molar-refractivity contribution is 6.34. The molecule has 154 valence electrons. The summed E-state index contributed by atoms with van der Waals surface area (Å²) in [5.74, 6) is 0.355. The molecule has 1 aliphatic carbocycles. The van der Waals surface area contributed by atoms with Crippen LogP contribution in [0.3, 0.4) is 0 Å². The van der Waals surface area contributed by atoms with Gasteiger partial charge in [0.05, 0.1) is 24.2 Å². The second kappa shape index (κ2) is 10.2. The van der Waals surface area contributed by atoms with Crippen molar-refractivity contribution < 1.29 is 14.3 Å². The number of benzene rings is 2. The number of carbonyl (C=O) groups is 2. The molecule has 1 fully saturated rings. The topological polar surface area (TPSA) is 79.5 Å². The highest BCUT2D eigenvalue weighted by Crippen LogP contribution is 2.23. The fraction of sp³-hybridized carbons (Fsp3) is 0.364. The van der Waals surface area contributed by atoms with Gasteiger partial charge >= 0.3 is 0 Å². The molecule has 0 aliphatic heterocycles. The third-order valence-electron chi connectivity index (χ3n) is 4.98. The Hall–Kier alpha value is -2.73. The number of hydrogen-bond donors (Lipinski definition) is 3. The number of anilines is 2. The molecule has 1 aliphatic rings. The van der Waals surface area contributed by atoms with Crippen molar-refractivity contribution in [1.82, 2.24) is 5.32 Å². The smallest absolute Gasteiger partial charge is 0.253 e. The molecule has 0 spiro atoms. The van der Waals surface area contributed by atoms with Crippen LogP contribution in [0.2, 0.25) is 5.02 Å². The maximum Gasteiger partial charge on any atom is 0.253 e. The van der Waals surface area contributed by atoms with Gasteiger partial charge in [-0.05, 0) is 55.3 Å². The predicted octanol–water partition coefficient (Wildman–Crippen LogP) is 4.46. The lowest BCUT2D eigenvalue weighted by molar-refractivity contribution is -0.114. The zero-order valence-electron chi connectivity index (χ0n) is 16.5. The summed E-state index contributed by atoms with van der Waals surface area (Å²) in [6.07, 6.45) is 5.53. The van der Waals surface area contributed by atoms with Crippen LogP contribution in [-0.4, -0.2) is 31.5 Å². The Morgan fingerprint density at radius 3 is 2.41 bits per heavy atom. The number of rotatable bonds is 7. The quantitative estimate of drug-likeness (QED) is 0.623. The molecule has 7 heteroatoms. The molecule has 2 aromatic carbocycles. The third kappa shape index (κ3) is 6.12. The van der Waals surface area contributed by atoms with Crippen LogP contribution in [0, 0.1) is 0 Å². The second-order valence-electron chi connectivity index (χ2n) is 7.13. The van der Waals surface area contributed by atoms with E-state index in [1.165, 1.54) is 6.42 Å². The fourth-order valence-electron chi connectivity index (χ4n) is 3.38. The van der Waals surface area contributed by atoms with E-state index in [0.29, 0.717) is 22.0 Å². The van der Waals surface area contributed by atoms with Crippen molar-refractivity contribution in [1.29, 1.82) is 0 Å². The molecule has 6 nitrogen and oxygen atoms in total. The first-order chi connectivity index (χ1) is 14.0. The Bertz CT molecular complexity index is 849. The summed E-state index contributed by atoms with van der Waals surface area (Å²) >= 11 is 6.23. The second-order valence-corrected chi connectivity index (χ2v) is 7.54. The highest BCUT2D eigenvalue weighted by atomic mass is 35.5. The van der Waals surface area contributed by atoms with E-state index in [2.05, 4.69) is 16.0 Å². The molecule has 2 amide bonds. The Kier molecular flexibility index (Phi) is 7.36. The van der Waals surface area contributed by atoms with Gasteiger partial charge in [-0.25, -0.2) is 0 Å². The van der Waals surface area contributed by atoms with Crippen molar-refractivity contribution in [3.05, 3.63) is 53.1 Å². The summed E-state index contributed by atoms with van der Waals surface area (Å²) in [5.41, 5.74) is 1.76. The lowest BCUT2D eigenvalue weighted by Gasteiger charge is -2.23. The van der Waals surface area contributed by atoms with Gasteiger partial charge in [-0.15, -0.1) is 0 Å². The van der Waals surface area contributed by atoms with Gasteiger partial charge in [0.2, 0.25) is 5.91 Å². The van der Waals surface area contributed by atoms with Gasteiger partial charge in [0.1, 0.15) is 5.75 Å². The van der Waals surface area contributed by atoms with Crippen molar-refractivity contribution in [2.24, 2.45) is 0 Å². The van der Waals surface area contributed by atoms with Crippen LogP contribution in [0.25, 0.3) is 0 Å². The Labute approximate surface area is 176 Å². The fourth-order valence-corrected chi connectivity index (χ4v) is 3.58. The third-order valence-corrected chi connectivity index (χ3v) is 5.31. The largest absolute Gasteiger partial charge is 0.497 e. The number of halogens is 1. The van der Waals surface area contributed by atoms with E-state index in [0.717, 1.165) is 31.4 Å². The molecular weight excluding hydrogens is 390 g/mol. The lowest BCUT2D eigenvalue weighted by atomic mass is 9.95. The van der Waals surface area contributed by atoms with E-state index in [9.17, 15) is 9.59 Å². The van der Waals surface area contributed by atoms with Gasteiger partial charge in [0.15, 0.2) is 0 Å². The molecule has 29 heavy (non-hydrogen) atoms. The average molecular weight is 416 g/mol. The van der Waals surface area contributed by atoms with E-state index >= 15 is 0 Å². The molecule has 3 N–H and O–H groups in total. The van der Waals surface area contributed by atoms with E-state index in [-0.39, 0.29) is 24.4 Å². The monoisotopic (exact) mass is 415 g/mol. The first kappa shape index (κ1) is 21.0. The van der Waals surface area contributed by atoms with Crippen LogP contribution in [0.1, 0.15) is 42.5 Å². The maximum atomic E-state index is 12.6. The van der Waals surface area contributed by atoms with E-state index in [4.69, 9.17) is 16.3 Å². The van der Waals surface area contributed by atoms with Gasteiger partial charge in [-0.3, -0.25) is 9.59 Å². The van der Waals surface area contributed by atoms with E-state index in [1.54, 1.807) is 49.6 Å². The minimum atomic E-state index is -0.196. The standard InChI is InChI=1S/C22H26ClN3O3/c1-29-18-10-7-16(8-11-18)25-21(27)14-24-17-9-12-20(23)19(13-17)22(28)26-15-5-3-2-4-6-15/h7-13,15,24H,2-6,14H2,1H3,(H,25,27)(H,26,28). The van der Waals surface area contributed by atoms with Crippen LogP contribution >= 0.6 is 11.6 Å². The summed E-state index contributed by atoms with van der Waals surface area (Å²) in [7, 11) is 1.59. The van der Waals surface area contributed by atoms with Crippen LogP contribution in [0.15, 0.2) is 42.5 Å². The SMILES string of the molecule is COc1ccc(NC(=O)CNc2ccc(Cl)c(C(=O)NC3CCCCC3)c2)cc1. The molecule has 0 unspecified atom stereocenters. The zero-order valence-corrected chi connectivity index (χ0v) is 17.2. The van der Waals surface area contributed by atoms with Crippen molar-refractivity contribution in [3.8, 4) is 5.75 Å². The summed E-state index contributed by atoms with van der Waals surface area (Å²) in [6.45, 7) is 0.0668. The number of carbonyl (C=O) groups excluding carboxylic acids is 2. The van der Waals surface area contributed by atoms with Crippen LogP contribution < -0.4 is 20.7 Å².